The van der Waals surface area contributed by atoms with Crippen LogP contribution in [0.2, 0.25) is 0 Å². The Morgan fingerprint density at radius 1 is 1.07 bits per heavy atom. The molecule has 0 saturated heterocycles. The molecule has 0 aliphatic carbocycles. The standard InChI is InChI=1S/C22H18N2O5/c1-22(2,3)29-21(27)15-9-13(19-23-11-18(28-19)20(25)26)10-17-14(15)8-12-6-4-5-7-16(12)24-17/h4-11H,1-3H3,(H,25,26). The quantitative estimate of drug-likeness (QED) is 0.400. The van der Waals surface area contributed by atoms with Crippen LogP contribution in [0.3, 0.4) is 0 Å². The molecule has 0 amide bonds. The van der Waals surface area contributed by atoms with Gasteiger partial charge < -0.3 is 14.3 Å². The molecule has 0 aliphatic heterocycles. The number of carboxylic acid groups (broad SMARTS) is 1. The Bertz CT molecular complexity index is 1270. The second-order valence-electron chi connectivity index (χ2n) is 7.61. The Balaban J connectivity index is 1.96. The molecule has 0 saturated carbocycles. The highest BCUT2D eigenvalue weighted by Gasteiger charge is 2.22. The fourth-order valence-electron chi connectivity index (χ4n) is 3.01. The third-order valence-corrected chi connectivity index (χ3v) is 4.22. The van der Waals surface area contributed by atoms with Gasteiger partial charge in [0.15, 0.2) is 0 Å². The molecular weight excluding hydrogens is 372 g/mol. The number of ether oxygens (including phenoxy) is 1. The van der Waals surface area contributed by atoms with Crippen LogP contribution in [-0.4, -0.2) is 32.6 Å². The maximum Gasteiger partial charge on any atom is 0.373 e. The summed E-state index contributed by atoms with van der Waals surface area (Å²) >= 11 is 0. The summed E-state index contributed by atoms with van der Waals surface area (Å²) in [7, 11) is 0. The minimum absolute atomic E-state index is 0.0871. The van der Waals surface area contributed by atoms with Crippen LogP contribution in [0.1, 0.15) is 41.7 Å². The van der Waals surface area contributed by atoms with Gasteiger partial charge in [-0.2, -0.15) is 0 Å². The van der Waals surface area contributed by atoms with E-state index in [0.717, 1.165) is 17.1 Å². The molecule has 7 nitrogen and oxygen atoms in total. The molecule has 4 aromatic rings. The van der Waals surface area contributed by atoms with Gasteiger partial charge in [0.05, 0.1) is 22.8 Å². The number of carboxylic acids is 1. The molecule has 146 valence electrons. The predicted octanol–water partition coefficient (Wildman–Crippen LogP) is 4.70. The van der Waals surface area contributed by atoms with Crippen molar-refractivity contribution in [2.45, 2.75) is 26.4 Å². The van der Waals surface area contributed by atoms with Crippen LogP contribution in [-0.2, 0) is 4.74 Å². The lowest BCUT2D eigenvalue weighted by Crippen LogP contribution is -2.24. The number of para-hydroxylation sites is 1. The highest BCUT2D eigenvalue weighted by atomic mass is 16.6. The molecule has 7 heteroatoms. The SMILES string of the molecule is CC(C)(C)OC(=O)c1cc(-c2ncc(C(=O)O)o2)cc2nc3ccccc3cc12. The van der Waals surface area contributed by atoms with Crippen LogP contribution in [0.5, 0.6) is 0 Å². The summed E-state index contributed by atoms with van der Waals surface area (Å²) < 4.78 is 10.9. The zero-order valence-corrected chi connectivity index (χ0v) is 16.1. The second kappa shape index (κ2) is 6.70. The lowest BCUT2D eigenvalue weighted by atomic mass is 10.0. The van der Waals surface area contributed by atoms with Crippen molar-refractivity contribution >= 4 is 33.7 Å². The van der Waals surface area contributed by atoms with Crippen molar-refractivity contribution in [3.63, 3.8) is 0 Å². The number of oxazole rings is 1. The summed E-state index contributed by atoms with van der Waals surface area (Å²) in [6.07, 6.45) is 1.13. The zero-order chi connectivity index (χ0) is 20.8. The first kappa shape index (κ1) is 18.6. The molecule has 4 rings (SSSR count). The number of esters is 1. The Morgan fingerprint density at radius 2 is 1.83 bits per heavy atom. The monoisotopic (exact) mass is 390 g/mol. The molecule has 0 atom stereocenters. The van der Waals surface area contributed by atoms with Crippen LogP contribution in [0.4, 0.5) is 0 Å². The van der Waals surface area contributed by atoms with E-state index in [4.69, 9.17) is 14.3 Å². The Labute approximate surface area is 166 Å². The van der Waals surface area contributed by atoms with Crippen LogP contribution < -0.4 is 0 Å². The predicted molar refractivity (Wildman–Crippen MR) is 107 cm³/mol. The number of aromatic carboxylic acids is 1. The van der Waals surface area contributed by atoms with Gasteiger partial charge in [-0.1, -0.05) is 18.2 Å². The van der Waals surface area contributed by atoms with Crippen molar-refractivity contribution in [2.24, 2.45) is 0 Å². The van der Waals surface area contributed by atoms with Gasteiger partial charge in [-0.25, -0.2) is 19.6 Å². The van der Waals surface area contributed by atoms with Gasteiger partial charge >= 0.3 is 11.9 Å². The smallest absolute Gasteiger partial charge is 0.373 e. The number of nitrogens with zero attached hydrogens (tertiary/aromatic N) is 2. The third kappa shape index (κ3) is 3.67. The highest BCUT2D eigenvalue weighted by molar-refractivity contribution is 6.08. The van der Waals surface area contributed by atoms with E-state index in [0.29, 0.717) is 22.0 Å². The van der Waals surface area contributed by atoms with Crippen molar-refractivity contribution in [1.29, 1.82) is 0 Å². The topological polar surface area (TPSA) is 103 Å². The van der Waals surface area contributed by atoms with Gasteiger partial charge in [0.1, 0.15) is 5.60 Å². The van der Waals surface area contributed by atoms with Crippen molar-refractivity contribution in [3.8, 4) is 11.5 Å². The number of fused-ring (bicyclic) bond motifs is 2. The van der Waals surface area contributed by atoms with E-state index < -0.39 is 17.5 Å². The first-order valence-corrected chi connectivity index (χ1v) is 8.98. The van der Waals surface area contributed by atoms with E-state index in [1.54, 1.807) is 32.9 Å². The summed E-state index contributed by atoms with van der Waals surface area (Å²) in [4.78, 5) is 32.7. The Kier molecular flexibility index (Phi) is 4.30. The normalized spacial score (nSPS) is 11.7. The molecule has 0 radical (unpaired) electrons. The lowest BCUT2D eigenvalue weighted by Gasteiger charge is -2.20. The molecule has 0 spiro atoms. The summed E-state index contributed by atoms with van der Waals surface area (Å²) in [5.41, 5.74) is 1.39. The minimum Gasteiger partial charge on any atom is -0.475 e. The van der Waals surface area contributed by atoms with Gasteiger partial charge in [-0.3, -0.25) is 0 Å². The number of benzene rings is 2. The number of carbonyl (C=O) groups excluding carboxylic acids is 1. The maximum absolute atomic E-state index is 12.9. The van der Waals surface area contributed by atoms with Crippen LogP contribution >= 0.6 is 0 Å². The Morgan fingerprint density at radius 3 is 2.52 bits per heavy atom. The van der Waals surface area contributed by atoms with Crippen LogP contribution in [0.25, 0.3) is 33.3 Å². The molecule has 0 unspecified atom stereocenters. The maximum atomic E-state index is 12.9. The summed E-state index contributed by atoms with van der Waals surface area (Å²) in [6.45, 7) is 5.37. The van der Waals surface area contributed by atoms with Gasteiger partial charge in [0, 0.05) is 16.3 Å². The van der Waals surface area contributed by atoms with E-state index in [-0.39, 0.29) is 11.7 Å². The average molecular weight is 390 g/mol. The summed E-state index contributed by atoms with van der Waals surface area (Å²) in [6, 6.07) is 12.8. The molecule has 1 N–H and O–H groups in total. The van der Waals surface area contributed by atoms with Crippen molar-refractivity contribution in [1.82, 2.24) is 9.97 Å². The highest BCUT2D eigenvalue weighted by Crippen LogP contribution is 2.30. The van der Waals surface area contributed by atoms with Gasteiger partial charge in [-0.05, 0) is 45.0 Å². The largest absolute Gasteiger partial charge is 0.475 e. The van der Waals surface area contributed by atoms with Crippen molar-refractivity contribution < 1.29 is 23.8 Å². The first-order chi connectivity index (χ1) is 13.7. The summed E-state index contributed by atoms with van der Waals surface area (Å²) in [5.74, 6) is -1.93. The summed E-state index contributed by atoms with van der Waals surface area (Å²) in [5, 5.41) is 10.6. The lowest BCUT2D eigenvalue weighted by molar-refractivity contribution is 0.00716. The van der Waals surface area contributed by atoms with E-state index in [1.165, 1.54) is 0 Å². The van der Waals surface area contributed by atoms with Gasteiger partial charge in [0.25, 0.3) is 0 Å². The number of hydrogen-bond acceptors (Lipinski definition) is 6. The van der Waals surface area contributed by atoms with Crippen LogP contribution in [0, 0.1) is 0 Å². The zero-order valence-electron chi connectivity index (χ0n) is 16.1. The Hall–Kier alpha value is -3.74. The number of hydrogen-bond donors (Lipinski definition) is 1. The molecule has 29 heavy (non-hydrogen) atoms. The van der Waals surface area contributed by atoms with Gasteiger partial charge in [0.2, 0.25) is 11.7 Å². The molecule has 2 aromatic heterocycles. The number of pyridine rings is 1. The van der Waals surface area contributed by atoms with E-state index in [9.17, 15) is 9.59 Å². The number of carbonyl (C=O) groups is 2. The first-order valence-electron chi connectivity index (χ1n) is 8.98. The van der Waals surface area contributed by atoms with E-state index in [2.05, 4.69) is 9.97 Å². The molecule has 2 aromatic carbocycles. The van der Waals surface area contributed by atoms with Crippen LogP contribution in [0.15, 0.2) is 53.1 Å². The fraction of sp³-hybridized carbons (Fsp3) is 0.182. The van der Waals surface area contributed by atoms with E-state index in [1.807, 2.05) is 30.3 Å². The average Bonchev–Trinajstić information content (AvgIpc) is 3.14. The minimum atomic E-state index is -1.22. The molecule has 0 bridgehead atoms. The van der Waals surface area contributed by atoms with Crippen molar-refractivity contribution in [2.75, 3.05) is 0 Å². The molecule has 0 fully saturated rings. The fourth-order valence-corrected chi connectivity index (χ4v) is 3.01. The molecule has 0 aliphatic rings. The molecule has 2 heterocycles. The van der Waals surface area contributed by atoms with Crippen molar-refractivity contribution in [3.05, 3.63) is 60.0 Å². The van der Waals surface area contributed by atoms with E-state index >= 15 is 0 Å². The third-order valence-electron chi connectivity index (χ3n) is 4.22. The number of aromatic nitrogens is 2. The second-order valence-corrected chi connectivity index (χ2v) is 7.61. The number of rotatable bonds is 3. The van der Waals surface area contributed by atoms with Gasteiger partial charge in [-0.15, -0.1) is 0 Å². The molecular formula is C22H18N2O5.